The summed E-state index contributed by atoms with van der Waals surface area (Å²) < 4.78 is 0. The van der Waals surface area contributed by atoms with E-state index in [2.05, 4.69) is 21.7 Å². The Bertz CT molecular complexity index is 447. The van der Waals surface area contributed by atoms with Crippen LogP contribution in [0.25, 0.3) is 0 Å². The van der Waals surface area contributed by atoms with E-state index in [1.54, 1.807) is 18.2 Å². The van der Waals surface area contributed by atoms with Crippen molar-refractivity contribution in [3.05, 3.63) is 28.8 Å². The first-order valence-corrected chi connectivity index (χ1v) is 4.92. The van der Waals surface area contributed by atoms with Crippen LogP contribution in [0, 0.1) is 11.3 Å². The summed E-state index contributed by atoms with van der Waals surface area (Å²) in [6.45, 7) is 1.58. The summed E-state index contributed by atoms with van der Waals surface area (Å²) in [6.07, 6.45) is 0. The summed E-state index contributed by atoms with van der Waals surface area (Å²) in [5.41, 5.74) is 1.23. The maximum atomic E-state index is 8.89. The number of hydrogen-bond acceptors (Lipinski definition) is 4. The van der Waals surface area contributed by atoms with Crippen molar-refractivity contribution in [2.24, 2.45) is 4.99 Å². The van der Waals surface area contributed by atoms with Crippen LogP contribution in [-0.4, -0.2) is 19.0 Å². The molecule has 1 aliphatic rings. The molecule has 15 heavy (non-hydrogen) atoms. The molecule has 0 atom stereocenters. The highest BCUT2D eigenvalue weighted by atomic mass is 35.5. The molecule has 0 aromatic heterocycles. The Kier molecular flexibility index (Phi) is 2.75. The summed E-state index contributed by atoms with van der Waals surface area (Å²) in [6, 6.07) is 7.17. The topological polar surface area (TPSA) is 60.2 Å². The van der Waals surface area contributed by atoms with Crippen molar-refractivity contribution in [1.82, 2.24) is 5.32 Å². The Morgan fingerprint density at radius 3 is 3.07 bits per heavy atom. The fourth-order valence-electron chi connectivity index (χ4n) is 1.33. The third-order valence-corrected chi connectivity index (χ3v) is 2.26. The molecule has 0 saturated carbocycles. The third-order valence-electron chi connectivity index (χ3n) is 2.03. The molecule has 1 aliphatic heterocycles. The fraction of sp³-hybridized carbons (Fsp3) is 0.200. The number of nitriles is 1. The van der Waals surface area contributed by atoms with Crippen molar-refractivity contribution in [3.63, 3.8) is 0 Å². The molecule has 2 N–H and O–H groups in total. The van der Waals surface area contributed by atoms with E-state index in [4.69, 9.17) is 16.9 Å². The zero-order valence-corrected chi connectivity index (χ0v) is 8.67. The molecule has 0 fully saturated rings. The minimum Gasteiger partial charge on any atom is -0.354 e. The van der Waals surface area contributed by atoms with Crippen LogP contribution in [0.2, 0.25) is 5.02 Å². The lowest BCUT2D eigenvalue weighted by Gasteiger charge is -2.08. The molecular weight excluding hydrogens is 212 g/mol. The number of rotatable bonds is 1. The molecule has 0 saturated heterocycles. The van der Waals surface area contributed by atoms with Gasteiger partial charge in [0.05, 0.1) is 17.8 Å². The van der Waals surface area contributed by atoms with E-state index >= 15 is 0 Å². The van der Waals surface area contributed by atoms with E-state index in [1.807, 2.05) is 0 Å². The Labute approximate surface area is 92.6 Å². The second kappa shape index (κ2) is 4.20. The maximum Gasteiger partial charge on any atom is 0.195 e. The summed E-state index contributed by atoms with van der Waals surface area (Å²) >= 11 is 5.85. The van der Waals surface area contributed by atoms with Crippen LogP contribution in [0.5, 0.6) is 0 Å². The first-order valence-electron chi connectivity index (χ1n) is 4.54. The molecule has 5 heteroatoms. The Morgan fingerprint density at radius 1 is 1.53 bits per heavy atom. The number of aliphatic imine (C=N–C) groups is 1. The molecule has 1 aromatic rings. The molecule has 0 unspecified atom stereocenters. The number of nitrogens with zero attached hydrogens (tertiary/aromatic N) is 2. The third kappa shape index (κ3) is 2.20. The standard InChI is InChI=1S/C10H9ClN4/c11-8-2-1-7(6-12)9(5-8)15-10-13-3-4-14-10/h1-2,5H,3-4H2,(H2,13,14,15). The Morgan fingerprint density at radius 2 is 2.40 bits per heavy atom. The zero-order chi connectivity index (χ0) is 10.7. The highest BCUT2D eigenvalue weighted by Gasteiger charge is 2.08. The summed E-state index contributed by atoms with van der Waals surface area (Å²) in [5.74, 6) is 0.689. The van der Waals surface area contributed by atoms with Gasteiger partial charge >= 0.3 is 0 Å². The lowest BCUT2D eigenvalue weighted by atomic mass is 10.2. The van der Waals surface area contributed by atoms with E-state index < -0.39 is 0 Å². The van der Waals surface area contributed by atoms with Crippen LogP contribution in [0.4, 0.5) is 5.69 Å². The normalized spacial score (nSPS) is 14.0. The number of halogens is 1. The van der Waals surface area contributed by atoms with Crippen LogP contribution in [-0.2, 0) is 0 Å². The first-order chi connectivity index (χ1) is 7.29. The van der Waals surface area contributed by atoms with Gasteiger partial charge in [-0.1, -0.05) is 11.6 Å². The second-order valence-corrected chi connectivity index (χ2v) is 3.52. The molecule has 4 nitrogen and oxygen atoms in total. The van der Waals surface area contributed by atoms with Crippen LogP contribution in [0.15, 0.2) is 23.2 Å². The van der Waals surface area contributed by atoms with Gasteiger partial charge in [0, 0.05) is 11.6 Å². The largest absolute Gasteiger partial charge is 0.354 e. The average Bonchev–Trinajstić information content (AvgIpc) is 2.71. The molecule has 0 aliphatic carbocycles. The van der Waals surface area contributed by atoms with Gasteiger partial charge in [0.15, 0.2) is 5.96 Å². The molecule has 0 spiro atoms. The summed E-state index contributed by atoms with van der Waals surface area (Å²) in [4.78, 5) is 4.18. The molecular formula is C10H9ClN4. The van der Waals surface area contributed by atoms with Gasteiger partial charge < -0.3 is 10.6 Å². The van der Waals surface area contributed by atoms with Gasteiger partial charge in [-0.25, -0.2) is 0 Å². The highest BCUT2D eigenvalue weighted by Crippen LogP contribution is 2.20. The van der Waals surface area contributed by atoms with Gasteiger partial charge in [-0.3, -0.25) is 4.99 Å². The van der Waals surface area contributed by atoms with Crippen LogP contribution >= 0.6 is 11.6 Å². The fourth-order valence-corrected chi connectivity index (χ4v) is 1.50. The zero-order valence-electron chi connectivity index (χ0n) is 7.92. The molecule has 1 heterocycles. The lowest BCUT2D eigenvalue weighted by Crippen LogP contribution is -2.26. The predicted octanol–water partition coefficient (Wildman–Crippen LogP) is 1.58. The van der Waals surface area contributed by atoms with E-state index in [0.29, 0.717) is 22.2 Å². The molecule has 2 rings (SSSR count). The molecule has 0 bridgehead atoms. The monoisotopic (exact) mass is 220 g/mol. The molecule has 1 aromatic carbocycles. The Hall–Kier alpha value is -1.73. The minimum atomic E-state index is 0.552. The minimum absolute atomic E-state index is 0.552. The lowest BCUT2D eigenvalue weighted by molar-refractivity contribution is 0.959. The van der Waals surface area contributed by atoms with Crippen LogP contribution < -0.4 is 10.6 Å². The van der Waals surface area contributed by atoms with Crippen molar-refractivity contribution in [1.29, 1.82) is 5.26 Å². The van der Waals surface area contributed by atoms with Crippen molar-refractivity contribution >= 4 is 23.2 Å². The maximum absolute atomic E-state index is 8.89. The van der Waals surface area contributed by atoms with Crippen LogP contribution in [0.3, 0.4) is 0 Å². The van der Waals surface area contributed by atoms with Gasteiger partial charge in [0.1, 0.15) is 6.07 Å². The van der Waals surface area contributed by atoms with Gasteiger partial charge in [-0.05, 0) is 18.2 Å². The first kappa shape index (κ1) is 9.81. The smallest absolute Gasteiger partial charge is 0.195 e. The summed E-state index contributed by atoms with van der Waals surface area (Å²) in [5, 5.41) is 15.6. The number of benzene rings is 1. The van der Waals surface area contributed by atoms with Crippen LogP contribution in [0.1, 0.15) is 5.56 Å². The number of nitrogens with one attached hydrogen (secondary N) is 2. The molecule has 0 radical (unpaired) electrons. The Balaban J connectivity index is 2.26. The van der Waals surface area contributed by atoms with Crippen molar-refractivity contribution in [2.45, 2.75) is 0 Å². The average molecular weight is 221 g/mol. The van der Waals surface area contributed by atoms with E-state index in [0.717, 1.165) is 13.1 Å². The number of guanidine groups is 1. The molecule has 76 valence electrons. The van der Waals surface area contributed by atoms with E-state index in [-0.39, 0.29) is 0 Å². The number of anilines is 1. The van der Waals surface area contributed by atoms with Crippen molar-refractivity contribution in [3.8, 4) is 6.07 Å². The quantitative estimate of drug-likeness (QED) is 0.756. The van der Waals surface area contributed by atoms with Gasteiger partial charge in [-0.2, -0.15) is 5.26 Å². The summed E-state index contributed by atoms with van der Waals surface area (Å²) in [7, 11) is 0. The predicted molar refractivity (Wildman–Crippen MR) is 60.1 cm³/mol. The van der Waals surface area contributed by atoms with E-state index in [9.17, 15) is 0 Å². The number of hydrogen-bond donors (Lipinski definition) is 2. The highest BCUT2D eigenvalue weighted by molar-refractivity contribution is 6.31. The van der Waals surface area contributed by atoms with Gasteiger partial charge in [0.25, 0.3) is 0 Å². The van der Waals surface area contributed by atoms with Gasteiger partial charge in [-0.15, -0.1) is 0 Å². The van der Waals surface area contributed by atoms with Crippen molar-refractivity contribution < 1.29 is 0 Å². The van der Waals surface area contributed by atoms with E-state index in [1.165, 1.54) is 0 Å². The molecule has 0 amide bonds. The SMILES string of the molecule is N#Cc1ccc(Cl)cc1NC1=NCCN1. The second-order valence-electron chi connectivity index (χ2n) is 3.08. The van der Waals surface area contributed by atoms with Gasteiger partial charge in [0.2, 0.25) is 0 Å². The van der Waals surface area contributed by atoms with Crippen molar-refractivity contribution in [2.75, 3.05) is 18.4 Å².